The smallest absolute Gasteiger partial charge is 0.234 e. The van der Waals surface area contributed by atoms with Crippen molar-refractivity contribution in [1.29, 1.82) is 0 Å². The number of nitrogens with one attached hydrogen (secondary N) is 1. The number of benzene rings is 2. The molecule has 1 saturated carbocycles. The van der Waals surface area contributed by atoms with Crippen molar-refractivity contribution in [3.63, 3.8) is 0 Å². The molecule has 5 rings (SSSR count). The van der Waals surface area contributed by atoms with Crippen LogP contribution >= 0.6 is 11.6 Å². The molecule has 1 N–H and O–H groups in total. The van der Waals surface area contributed by atoms with E-state index in [-0.39, 0.29) is 17.7 Å². The predicted octanol–water partition coefficient (Wildman–Crippen LogP) is 4.43. The van der Waals surface area contributed by atoms with Gasteiger partial charge in [-0.3, -0.25) is 19.7 Å². The van der Waals surface area contributed by atoms with Crippen LogP contribution in [0.15, 0.2) is 42.5 Å². The lowest BCUT2D eigenvalue weighted by Crippen LogP contribution is -2.39. The van der Waals surface area contributed by atoms with E-state index in [0.717, 1.165) is 35.2 Å². The molecule has 2 aromatic rings. The molecule has 0 aromatic heterocycles. The highest BCUT2D eigenvalue weighted by Gasteiger charge is 2.43. The van der Waals surface area contributed by atoms with Crippen LogP contribution in [-0.4, -0.2) is 23.8 Å². The molecule has 3 fully saturated rings. The monoisotopic (exact) mass is 422 g/mol. The molecule has 5 nitrogen and oxygen atoms in total. The van der Waals surface area contributed by atoms with Crippen LogP contribution in [0, 0.1) is 5.92 Å². The zero-order valence-electron chi connectivity index (χ0n) is 16.6. The van der Waals surface area contributed by atoms with E-state index in [2.05, 4.69) is 5.32 Å². The van der Waals surface area contributed by atoms with Crippen LogP contribution in [0.3, 0.4) is 0 Å². The summed E-state index contributed by atoms with van der Waals surface area (Å²) in [6.45, 7) is 0. The molecule has 154 valence electrons. The maximum Gasteiger partial charge on any atom is 0.234 e. The molecule has 0 radical (unpaired) electrons. The molecule has 0 spiro atoms. The van der Waals surface area contributed by atoms with Gasteiger partial charge in [0.15, 0.2) is 0 Å². The van der Waals surface area contributed by atoms with Crippen LogP contribution in [0.2, 0.25) is 5.02 Å². The number of imide groups is 1. The highest BCUT2D eigenvalue weighted by molar-refractivity contribution is 6.34. The van der Waals surface area contributed by atoms with Gasteiger partial charge < -0.3 is 4.90 Å². The van der Waals surface area contributed by atoms with E-state index in [1.165, 1.54) is 6.42 Å². The zero-order chi connectivity index (χ0) is 20.8. The highest BCUT2D eigenvalue weighted by atomic mass is 35.5. The average Bonchev–Trinajstić information content (AvgIpc) is 3.29. The summed E-state index contributed by atoms with van der Waals surface area (Å²) in [6, 6.07) is 14.0. The number of carbonyl (C=O) groups is 3. The molecular weight excluding hydrogens is 400 g/mol. The van der Waals surface area contributed by atoms with E-state index < -0.39 is 5.92 Å². The molecule has 2 heterocycles. The van der Waals surface area contributed by atoms with Gasteiger partial charge in [-0.05, 0) is 48.4 Å². The van der Waals surface area contributed by atoms with Gasteiger partial charge in [0.05, 0.1) is 10.9 Å². The van der Waals surface area contributed by atoms with Gasteiger partial charge in [0.2, 0.25) is 17.7 Å². The number of piperidine rings is 1. The van der Waals surface area contributed by atoms with Crippen molar-refractivity contribution in [1.82, 2.24) is 5.32 Å². The second kappa shape index (κ2) is 7.55. The number of nitrogens with zero attached hydrogens (tertiary/aromatic N) is 1. The first-order chi connectivity index (χ1) is 14.5. The summed E-state index contributed by atoms with van der Waals surface area (Å²) in [5.74, 6) is -0.234. The molecule has 2 saturated heterocycles. The Morgan fingerprint density at radius 2 is 1.77 bits per heavy atom. The lowest BCUT2D eigenvalue weighted by molar-refractivity contribution is -0.134. The van der Waals surface area contributed by atoms with Gasteiger partial charge in [-0.15, -0.1) is 0 Å². The van der Waals surface area contributed by atoms with E-state index in [0.29, 0.717) is 36.2 Å². The Balaban J connectivity index is 1.43. The summed E-state index contributed by atoms with van der Waals surface area (Å²) in [5, 5.41) is 2.94. The van der Waals surface area contributed by atoms with Crippen molar-refractivity contribution in [2.24, 2.45) is 5.92 Å². The second-order valence-electron chi connectivity index (χ2n) is 8.49. The Morgan fingerprint density at radius 1 is 0.967 bits per heavy atom. The van der Waals surface area contributed by atoms with Crippen molar-refractivity contribution in [3.05, 3.63) is 53.1 Å². The number of hydrogen-bond donors (Lipinski definition) is 1. The maximum absolute atomic E-state index is 12.5. The standard InChI is InChI=1S/C24H23ClN2O3/c25-23-17(4-2-5-18(23)19-11-12-21(28)26-24(19)30)14-7-9-16(10-8-14)27-20-6-1-3-15(20)13-22(27)29/h2,4-5,7-10,15,19-20H,1,3,6,11-13H2,(H,26,28,30)/t15-,19?,20-/m0/s1. The van der Waals surface area contributed by atoms with Crippen molar-refractivity contribution in [3.8, 4) is 11.1 Å². The van der Waals surface area contributed by atoms with E-state index >= 15 is 0 Å². The largest absolute Gasteiger partial charge is 0.309 e. The van der Waals surface area contributed by atoms with Crippen molar-refractivity contribution < 1.29 is 14.4 Å². The minimum absolute atomic E-state index is 0.218. The topological polar surface area (TPSA) is 66.5 Å². The van der Waals surface area contributed by atoms with Crippen LogP contribution < -0.4 is 10.2 Å². The lowest BCUT2D eigenvalue weighted by atomic mass is 9.88. The molecule has 1 unspecified atom stereocenters. The van der Waals surface area contributed by atoms with Gasteiger partial charge in [-0.25, -0.2) is 0 Å². The fourth-order valence-corrected chi connectivity index (χ4v) is 5.64. The fraction of sp³-hybridized carbons (Fsp3) is 0.375. The normalized spacial score (nSPS) is 26.1. The summed E-state index contributed by atoms with van der Waals surface area (Å²) in [4.78, 5) is 38.2. The molecule has 6 heteroatoms. The van der Waals surface area contributed by atoms with E-state index in [4.69, 9.17) is 11.6 Å². The molecule has 2 aliphatic heterocycles. The number of carbonyl (C=O) groups excluding carboxylic acids is 3. The van der Waals surface area contributed by atoms with Crippen LogP contribution in [-0.2, 0) is 14.4 Å². The summed E-state index contributed by atoms with van der Waals surface area (Å²) in [7, 11) is 0. The van der Waals surface area contributed by atoms with Gasteiger partial charge in [-0.1, -0.05) is 48.4 Å². The number of halogens is 1. The summed E-state index contributed by atoms with van der Waals surface area (Å²) < 4.78 is 0. The van der Waals surface area contributed by atoms with Crippen molar-refractivity contribution >= 4 is 35.0 Å². The minimum Gasteiger partial charge on any atom is -0.309 e. The van der Waals surface area contributed by atoms with Gasteiger partial charge >= 0.3 is 0 Å². The maximum atomic E-state index is 12.5. The third kappa shape index (κ3) is 3.21. The van der Waals surface area contributed by atoms with Crippen molar-refractivity contribution in [2.75, 3.05) is 4.90 Å². The Morgan fingerprint density at radius 3 is 2.53 bits per heavy atom. The number of hydrogen-bond acceptors (Lipinski definition) is 3. The van der Waals surface area contributed by atoms with Crippen LogP contribution in [0.25, 0.3) is 11.1 Å². The molecule has 0 bridgehead atoms. The molecule has 1 aliphatic carbocycles. The molecule has 30 heavy (non-hydrogen) atoms. The minimum atomic E-state index is -0.420. The van der Waals surface area contributed by atoms with Gasteiger partial charge in [0.1, 0.15) is 0 Å². The molecule has 3 atom stereocenters. The number of amides is 3. The number of anilines is 1. The first-order valence-electron chi connectivity index (χ1n) is 10.6. The average molecular weight is 423 g/mol. The fourth-order valence-electron chi connectivity index (χ4n) is 5.27. The van der Waals surface area contributed by atoms with Gasteiger partial charge in [-0.2, -0.15) is 0 Å². The van der Waals surface area contributed by atoms with Gasteiger partial charge in [0, 0.05) is 30.1 Å². The molecule has 3 amide bonds. The van der Waals surface area contributed by atoms with Crippen LogP contribution in [0.4, 0.5) is 5.69 Å². The lowest BCUT2D eigenvalue weighted by Gasteiger charge is -2.25. The summed E-state index contributed by atoms with van der Waals surface area (Å²) in [5.41, 5.74) is 3.46. The van der Waals surface area contributed by atoms with E-state index in [1.54, 1.807) is 0 Å². The first kappa shape index (κ1) is 19.3. The first-order valence-corrected chi connectivity index (χ1v) is 11.0. The van der Waals surface area contributed by atoms with E-state index in [9.17, 15) is 14.4 Å². The molecule has 2 aromatic carbocycles. The highest BCUT2D eigenvalue weighted by Crippen LogP contribution is 2.42. The Bertz CT molecular complexity index is 1030. The van der Waals surface area contributed by atoms with Crippen LogP contribution in [0.1, 0.15) is 50.0 Å². The SMILES string of the molecule is O=C1CCC(c2cccc(-c3ccc(N4C(=O)C[C@@H]5CCC[C@@H]54)cc3)c2Cl)C(=O)N1. The van der Waals surface area contributed by atoms with Crippen LogP contribution in [0.5, 0.6) is 0 Å². The predicted molar refractivity (Wildman–Crippen MR) is 115 cm³/mol. The van der Waals surface area contributed by atoms with E-state index in [1.807, 2.05) is 47.4 Å². The summed E-state index contributed by atoms with van der Waals surface area (Å²) in [6.07, 6.45) is 4.86. The molecular formula is C24H23ClN2O3. The molecule has 3 aliphatic rings. The zero-order valence-corrected chi connectivity index (χ0v) is 17.3. The Labute approximate surface area is 180 Å². The number of rotatable bonds is 3. The summed E-state index contributed by atoms with van der Waals surface area (Å²) >= 11 is 6.71. The second-order valence-corrected chi connectivity index (χ2v) is 8.86. The quantitative estimate of drug-likeness (QED) is 0.744. The Kier molecular flexibility index (Phi) is 4.86. The third-order valence-corrected chi connectivity index (χ3v) is 7.18. The Hall–Kier alpha value is -2.66. The third-order valence-electron chi connectivity index (χ3n) is 6.76. The van der Waals surface area contributed by atoms with Gasteiger partial charge in [0.25, 0.3) is 0 Å². The number of fused-ring (bicyclic) bond motifs is 1. The van der Waals surface area contributed by atoms with Crippen molar-refractivity contribution in [2.45, 2.75) is 50.5 Å².